The summed E-state index contributed by atoms with van der Waals surface area (Å²) in [6.45, 7) is 0. The zero-order chi connectivity index (χ0) is 22.0. The average molecular weight is 443 g/mol. The molecular weight excluding hydrogens is 412 g/mol. The summed E-state index contributed by atoms with van der Waals surface area (Å²) in [5.41, 5.74) is 3.54. The maximum absolute atomic E-state index is 14.0. The van der Waals surface area contributed by atoms with Gasteiger partial charge in [-0.25, -0.2) is 0 Å². The molecule has 32 heavy (non-hydrogen) atoms. The first-order valence-electron chi connectivity index (χ1n) is 11.7. The van der Waals surface area contributed by atoms with Crippen LogP contribution in [-0.2, 0) is 16.4 Å². The highest BCUT2D eigenvalue weighted by Crippen LogP contribution is 2.50. The highest BCUT2D eigenvalue weighted by Gasteiger charge is 2.48. The Morgan fingerprint density at radius 2 is 1.16 bits per heavy atom. The van der Waals surface area contributed by atoms with Crippen LogP contribution >= 0.6 is 0 Å². The van der Waals surface area contributed by atoms with E-state index in [1.165, 1.54) is 24.0 Å². The highest BCUT2D eigenvalue weighted by molar-refractivity contribution is 7.85. The van der Waals surface area contributed by atoms with Gasteiger partial charge in [-0.05, 0) is 61.8 Å². The van der Waals surface area contributed by atoms with Crippen molar-refractivity contribution in [3.63, 3.8) is 0 Å². The number of hydrogen-bond donors (Lipinski definition) is 1. The molecule has 3 atom stereocenters. The zero-order valence-electron chi connectivity index (χ0n) is 18.3. The minimum absolute atomic E-state index is 0.139. The van der Waals surface area contributed by atoms with Gasteiger partial charge in [0.1, 0.15) is 5.60 Å². The average Bonchev–Trinajstić information content (AvgIpc) is 2.88. The number of hydrogen-bond acceptors (Lipinski definition) is 2. The van der Waals surface area contributed by atoms with E-state index in [0.717, 1.165) is 41.7 Å². The number of allylic oxidation sites excluding steroid dienone is 2. The largest absolute Gasteiger partial charge is 0.380 e. The Labute approximate surface area is 193 Å². The maximum atomic E-state index is 14.0. The Morgan fingerprint density at radius 3 is 1.69 bits per heavy atom. The quantitative estimate of drug-likeness (QED) is 0.466. The number of aliphatic hydroxyl groups is 1. The zero-order valence-corrected chi connectivity index (χ0v) is 19.1. The van der Waals surface area contributed by atoms with E-state index in [9.17, 15) is 9.32 Å². The standard InChI is InChI=1S/C29H30O2S/c30-29(24-14-4-1-5-15-24,25-16-6-2-7-17-25)27-20-22-12-10-11-13-23(22)21-28(27)32(31)26-18-8-3-9-19-26/h1-9,14-19,27-28,30H,10-13,20-21H2/t27-,28+,32?/m0/s1. The molecule has 2 nitrogen and oxygen atoms in total. The summed E-state index contributed by atoms with van der Waals surface area (Å²) >= 11 is 0. The van der Waals surface area contributed by atoms with Crippen molar-refractivity contribution < 1.29 is 9.32 Å². The molecule has 3 aromatic carbocycles. The predicted octanol–water partition coefficient (Wildman–Crippen LogP) is 6.38. The Balaban J connectivity index is 1.66. The second-order valence-electron chi connectivity index (χ2n) is 9.08. The predicted molar refractivity (Wildman–Crippen MR) is 131 cm³/mol. The van der Waals surface area contributed by atoms with Gasteiger partial charge in [-0.3, -0.25) is 4.21 Å². The molecule has 3 heteroatoms. The van der Waals surface area contributed by atoms with E-state index in [1.54, 1.807) is 0 Å². The second-order valence-corrected chi connectivity index (χ2v) is 10.7. The lowest BCUT2D eigenvalue weighted by atomic mass is 9.66. The maximum Gasteiger partial charge on any atom is 0.119 e. The minimum Gasteiger partial charge on any atom is -0.380 e. The van der Waals surface area contributed by atoms with Crippen LogP contribution in [0.4, 0.5) is 0 Å². The molecule has 2 aliphatic carbocycles. The van der Waals surface area contributed by atoms with Crippen molar-refractivity contribution in [3.05, 3.63) is 113 Å². The van der Waals surface area contributed by atoms with E-state index in [2.05, 4.69) is 0 Å². The molecule has 0 amide bonds. The van der Waals surface area contributed by atoms with Gasteiger partial charge in [0, 0.05) is 16.1 Å². The molecule has 0 fully saturated rings. The molecule has 3 aromatic rings. The fraction of sp³-hybridized carbons (Fsp3) is 0.310. The van der Waals surface area contributed by atoms with Crippen molar-refractivity contribution in [1.82, 2.24) is 0 Å². The molecule has 0 bridgehead atoms. The highest BCUT2D eigenvalue weighted by atomic mass is 32.2. The fourth-order valence-electron chi connectivity index (χ4n) is 5.66. The number of benzene rings is 3. The van der Waals surface area contributed by atoms with Gasteiger partial charge in [-0.15, -0.1) is 0 Å². The van der Waals surface area contributed by atoms with Crippen LogP contribution in [0.5, 0.6) is 0 Å². The van der Waals surface area contributed by atoms with E-state index in [0.29, 0.717) is 0 Å². The van der Waals surface area contributed by atoms with E-state index in [4.69, 9.17) is 0 Å². The van der Waals surface area contributed by atoms with Gasteiger partial charge in [-0.1, -0.05) is 90.0 Å². The molecule has 0 heterocycles. The van der Waals surface area contributed by atoms with Crippen molar-refractivity contribution in [2.45, 2.75) is 54.3 Å². The van der Waals surface area contributed by atoms with E-state index in [1.807, 2.05) is 91.0 Å². The molecule has 0 spiro atoms. The summed E-state index contributed by atoms with van der Waals surface area (Å²) in [5, 5.41) is 12.4. The first kappa shape index (κ1) is 21.4. The van der Waals surface area contributed by atoms with Crippen molar-refractivity contribution in [2.24, 2.45) is 5.92 Å². The second kappa shape index (κ2) is 9.17. The molecule has 2 aliphatic rings. The lowest BCUT2D eigenvalue weighted by Crippen LogP contribution is -2.47. The van der Waals surface area contributed by atoms with Crippen molar-refractivity contribution in [1.29, 1.82) is 0 Å². The lowest BCUT2D eigenvalue weighted by Gasteiger charge is -2.45. The first-order chi connectivity index (χ1) is 15.7. The molecule has 1 unspecified atom stereocenters. The molecule has 164 valence electrons. The molecule has 0 saturated carbocycles. The van der Waals surface area contributed by atoms with Gasteiger partial charge in [0.05, 0.1) is 10.8 Å². The minimum atomic E-state index is -1.20. The van der Waals surface area contributed by atoms with Crippen LogP contribution in [0.1, 0.15) is 49.7 Å². The van der Waals surface area contributed by atoms with Crippen LogP contribution in [0.2, 0.25) is 0 Å². The summed E-state index contributed by atoms with van der Waals surface area (Å²) in [6.07, 6.45) is 6.26. The van der Waals surface area contributed by atoms with Crippen LogP contribution in [0.3, 0.4) is 0 Å². The van der Waals surface area contributed by atoms with Crippen LogP contribution in [0.25, 0.3) is 0 Å². The van der Waals surface area contributed by atoms with Gasteiger partial charge in [0.25, 0.3) is 0 Å². The number of rotatable bonds is 5. The third-order valence-corrected chi connectivity index (χ3v) is 9.07. The van der Waals surface area contributed by atoms with Crippen molar-refractivity contribution in [2.75, 3.05) is 0 Å². The summed E-state index contributed by atoms with van der Waals surface area (Å²) in [7, 11) is -1.20. The van der Waals surface area contributed by atoms with Crippen LogP contribution in [0, 0.1) is 5.92 Å². The van der Waals surface area contributed by atoms with Gasteiger partial charge < -0.3 is 5.11 Å². The third kappa shape index (κ3) is 3.89. The SMILES string of the molecule is O=S(c1ccccc1)[C@@H]1CC2=C(CCCC2)C[C@@H]1C(O)(c1ccccc1)c1ccccc1. The normalized spacial score (nSPS) is 22.3. The Morgan fingerprint density at radius 1 is 0.688 bits per heavy atom. The van der Waals surface area contributed by atoms with Gasteiger partial charge in [-0.2, -0.15) is 0 Å². The smallest absolute Gasteiger partial charge is 0.119 e. The Hall–Kier alpha value is -2.49. The van der Waals surface area contributed by atoms with Crippen LogP contribution < -0.4 is 0 Å². The Kier molecular flexibility index (Phi) is 6.12. The summed E-state index contributed by atoms with van der Waals surface area (Å²) in [6, 6.07) is 29.8. The fourth-order valence-corrected chi connectivity index (χ4v) is 7.37. The van der Waals surface area contributed by atoms with E-state index in [-0.39, 0.29) is 11.2 Å². The van der Waals surface area contributed by atoms with E-state index >= 15 is 0 Å². The van der Waals surface area contributed by atoms with Crippen LogP contribution in [0.15, 0.2) is 107 Å². The van der Waals surface area contributed by atoms with Gasteiger partial charge in [0.2, 0.25) is 0 Å². The van der Waals surface area contributed by atoms with Gasteiger partial charge >= 0.3 is 0 Å². The molecular formula is C29H30O2S. The van der Waals surface area contributed by atoms with Crippen molar-refractivity contribution >= 4 is 10.8 Å². The topological polar surface area (TPSA) is 37.3 Å². The summed E-state index contributed by atoms with van der Waals surface area (Å²) in [4.78, 5) is 0.853. The van der Waals surface area contributed by atoms with Crippen LogP contribution in [-0.4, -0.2) is 14.6 Å². The first-order valence-corrected chi connectivity index (χ1v) is 12.9. The van der Waals surface area contributed by atoms with E-state index < -0.39 is 16.4 Å². The monoisotopic (exact) mass is 442 g/mol. The summed E-state index contributed by atoms with van der Waals surface area (Å²) in [5.74, 6) is -0.162. The molecule has 5 rings (SSSR count). The lowest BCUT2D eigenvalue weighted by molar-refractivity contribution is 0.0110. The van der Waals surface area contributed by atoms with Crippen molar-refractivity contribution in [3.8, 4) is 0 Å². The molecule has 0 saturated heterocycles. The Bertz CT molecular complexity index is 1070. The molecule has 1 N–H and O–H groups in total. The molecule has 0 aliphatic heterocycles. The summed E-state index contributed by atoms with van der Waals surface area (Å²) < 4.78 is 14.0. The third-order valence-electron chi connectivity index (χ3n) is 7.28. The molecule has 0 aromatic heterocycles. The van der Waals surface area contributed by atoms with Gasteiger partial charge in [0.15, 0.2) is 0 Å². The molecule has 0 radical (unpaired) electrons.